The molecule has 130 valence electrons. The third-order valence-corrected chi connectivity index (χ3v) is 3.31. The fourth-order valence-electron chi connectivity index (χ4n) is 2.38. The molecule has 0 aliphatic rings. The molecule has 0 radical (unpaired) electrons. The van der Waals surface area contributed by atoms with E-state index >= 15 is 0 Å². The maximum Gasteiger partial charge on any atom is -0.0579 e. The molecule has 0 spiro atoms. The quantitative estimate of drug-likeness (QED) is 0.337. The number of hydrogen-bond donors (Lipinski definition) is 0. The molecule has 0 N–H and O–H groups in total. The Labute approximate surface area is 178 Å². The van der Waals surface area contributed by atoms with Gasteiger partial charge < -0.3 is 24.8 Å². The van der Waals surface area contributed by atoms with Crippen LogP contribution in [0.15, 0.2) is 78.9 Å². The van der Waals surface area contributed by atoms with Gasteiger partial charge in [-0.25, -0.2) is 0 Å². The van der Waals surface area contributed by atoms with Crippen LogP contribution >= 0.6 is 0 Å². The Bertz CT molecular complexity index is 820. The summed E-state index contributed by atoms with van der Waals surface area (Å²) in [5, 5.41) is 5.36. The van der Waals surface area contributed by atoms with E-state index in [1.54, 1.807) is 24.2 Å². The van der Waals surface area contributed by atoms with Crippen LogP contribution in [0.1, 0.15) is 19.4 Å². The molecular formula is C22H22Cl2Zr-2. The standard InChI is InChI=1S/C10H9.C9H7.C3H6.2ClH.Zr/c1-8-6-9-4-2-3-5-10(9)7-8;1-2-5-9-7-3-6-8(9)4-1;1-3-2;;;/h2-7H,1H3;1-7H;1-2H3;2*1H;/q2*-1;;;;+2/p-2. The molecule has 0 nitrogen and oxygen atoms in total. The van der Waals surface area contributed by atoms with Gasteiger partial charge in [0.05, 0.1) is 0 Å². The number of aryl methyl sites for hydroxylation is 1. The molecule has 0 saturated carbocycles. The van der Waals surface area contributed by atoms with E-state index in [9.17, 15) is 0 Å². The first kappa shape index (κ1) is 24.0. The Morgan fingerprint density at radius 3 is 1.88 bits per heavy atom. The average Bonchev–Trinajstić information content (AvgIpc) is 3.11. The minimum Gasteiger partial charge on any atom is -1.00 e. The van der Waals surface area contributed by atoms with Crippen LogP contribution < -0.4 is 24.8 Å². The van der Waals surface area contributed by atoms with E-state index in [-0.39, 0.29) is 24.8 Å². The van der Waals surface area contributed by atoms with E-state index in [2.05, 4.69) is 99.6 Å². The molecular weight excluding hydrogens is 426 g/mol. The molecule has 0 fully saturated rings. The zero-order valence-electron chi connectivity index (χ0n) is 14.8. The Morgan fingerprint density at radius 2 is 1.32 bits per heavy atom. The van der Waals surface area contributed by atoms with Crippen molar-refractivity contribution in [1.82, 2.24) is 0 Å². The van der Waals surface area contributed by atoms with Gasteiger partial charge in [-0.2, -0.15) is 23.6 Å². The summed E-state index contributed by atoms with van der Waals surface area (Å²) in [7, 11) is 0. The van der Waals surface area contributed by atoms with Crippen LogP contribution in [-0.4, -0.2) is 3.21 Å². The molecule has 0 heterocycles. The monoisotopic (exact) mass is 446 g/mol. The van der Waals surface area contributed by atoms with Gasteiger partial charge in [-0.1, -0.05) is 19.1 Å². The smallest absolute Gasteiger partial charge is 0.0579 e. The Balaban J connectivity index is 0.000000360. The van der Waals surface area contributed by atoms with E-state index < -0.39 is 0 Å². The van der Waals surface area contributed by atoms with Crippen molar-refractivity contribution in [3.63, 3.8) is 0 Å². The number of benzene rings is 2. The molecule has 0 amide bonds. The normalized spacial score (nSPS) is 9.00. The average molecular weight is 449 g/mol. The van der Waals surface area contributed by atoms with Crippen molar-refractivity contribution in [3.8, 4) is 0 Å². The van der Waals surface area contributed by atoms with Crippen LogP contribution in [0.25, 0.3) is 21.5 Å². The van der Waals surface area contributed by atoms with Gasteiger partial charge in [0.15, 0.2) is 0 Å². The van der Waals surface area contributed by atoms with E-state index in [0.717, 1.165) is 0 Å². The molecule has 25 heavy (non-hydrogen) atoms. The molecule has 4 aromatic rings. The van der Waals surface area contributed by atoms with Crippen LogP contribution in [-0.2, 0) is 24.2 Å². The maximum absolute atomic E-state index is 2.20. The van der Waals surface area contributed by atoms with Gasteiger partial charge in [-0.15, -0.1) is 70.3 Å². The summed E-state index contributed by atoms with van der Waals surface area (Å²) < 4.78 is 1.51. The predicted octanol–water partition coefficient (Wildman–Crippen LogP) is 0.179. The minimum absolute atomic E-state index is 0. The summed E-state index contributed by atoms with van der Waals surface area (Å²) in [6, 6.07) is 27.5. The van der Waals surface area contributed by atoms with Crippen LogP contribution in [0.3, 0.4) is 0 Å². The fraction of sp³-hybridized carbons (Fsp3) is 0.136. The van der Waals surface area contributed by atoms with Crippen LogP contribution in [0, 0.1) is 6.92 Å². The first-order valence-electron chi connectivity index (χ1n) is 7.80. The molecule has 0 aliphatic carbocycles. The van der Waals surface area contributed by atoms with Crippen LogP contribution in [0.4, 0.5) is 0 Å². The summed E-state index contributed by atoms with van der Waals surface area (Å²) in [4.78, 5) is 0. The zero-order valence-corrected chi connectivity index (χ0v) is 18.7. The Morgan fingerprint density at radius 1 is 0.800 bits per heavy atom. The first-order valence-corrected chi connectivity index (χ1v) is 9.03. The molecule has 3 heteroatoms. The molecule has 0 aromatic heterocycles. The fourth-order valence-corrected chi connectivity index (χ4v) is 2.38. The molecule has 0 aliphatic heterocycles. The summed E-state index contributed by atoms with van der Waals surface area (Å²) in [5.74, 6) is 0. The van der Waals surface area contributed by atoms with Crippen molar-refractivity contribution in [2.75, 3.05) is 0 Å². The third kappa shape index (κ3) is 8.28. The van der Waals surface area contributed by atoms with Gasteiger partial charge in [-0.05, 0) is 0 Å². The van der Waals surface area contributed by atoms with Gasteiger partial charge in [0.25, 0.3) is 0 Å². The van der Waals surface area contributed by atoms with Gasteiger partial charge in [0.1, 0.15) is 0 Å². The Hall–Kier alpha value is -1.01. The van der Waals surface area contributed by atoms with Gasteiger partial charge in [-0.3, -0.25) is 0 Å². The summed E-state index contributed by atoms with van der Waals surface area (Å²) in [6.07, 6.45) is 0. The molecule has 4 rings (SSSR count). The van der Waals surface area contributed by atoms with Gasteiger partial charge >= 0.3 is 41.3 Å². The van der Waals surface area contributed by atoms with Crippen molar-refractivity contribution in [2.24, 2.45) is 0 Å². The van der Waals surface area contributed by atoms with E-state index in [1.807, 2.05) is 0 Å². The molecule has 0 saturated heterocycles. The van der Waals surface area contributed by atoms with Crippen LogP contribution in [0.2, 0.25) is 0 Å². The molecule has 0 unspecified atom stereocenters. The third-order valence-electron chi connectivity index (χ3n) is 3.31. The molecule has 0 bridgehead atoms. The summed E-state index contributed by atoms with van der Waals surface area (Å²) >= 11 is 1.55. The first-order chi connectivity index (χ1) is 11.1. The largest absolute Gasteiger partial charge is 1.00 e. The van der Waals surface area contributed by atoms with Gasteiger partial charge in [0, 0.05) is 0 Å². The number of hydrogen-bond acceptors (Lipinski definition) is 0. The topological polar surface area (TPSA) is 0 Å². The van der Waals surface area contributed by atoms with E-state index in [1.165, 1.54) is 30.3 Å². The van der Waals surface area contributed by atoms with Crippen molar-refractivity contribution in [3.05, 3.63) is 84.4 Å². The molecule has 0 atom stereocenters. The van der Waals surface area contributed by atoms with Crippen molar-refractivity contribution in [2.45, 2.75) is 20.8 Å². The predicted molar refractivity (Wildman–Crippen MR) is 100 cm³/mol. The minimum atomic E-state index is 0. The number of fused-ring (bicyclic) bond motifs is 2. The SMILES string of the molecule is C[C](C)=[Zr+2].Cc1cc2ccccc2[cH-]1.[Cl-].[Cl-].c1ccc2[cH-]ccc2c1. The van der Waals surface area contributed by atoms with Crippen LogP contribution in [0.5, 0.6) is 0 Å². The van der Waals surface area contributed by atoms with Gasteiger partial charge in [0.2, 0.25) is 0 Å². The number of halogens is 2. The maximum atomic E-state index is 2.20. The second-order valence-corrected chi connectivity index (χ2v) is 8.27. The summed E-state index contributed by atoms with van der Waals surface area (Å²) in [6.45, 7) is 6.37. The second-order valence-electron chi connectivity index (χ2n) is 5.82. The zero-order chi connectivity index (χ0) is 16.7. The summed E-state index contributed by atoms with van der Waals surface area (Å²) in [5.41, 5.74) is 1.35. The Kier molecular flexibility index (Phi) is 11.9. The van der Waals surface area contributed by atoms with Crippen molar-refractivity contribution in [1.29, 1.82) is 0 Å². The van der Waals surface area contributed by atoms with Crippen molar-refractivity contribution < 1.29 is 49.0 Å². The second kappa shape index (κ2) is 12.4. The van der Waals surface area contributed by atoms with E-state index in [4.69, 9.17) is 0 Å². The molecule has 4 aromatic carbocycles. The van der Waals surface area contributed by atoms with E-state index in [0.29, 0.717) is 0 Å². The van der Waals surface area contributed by atoms with Crippen molar-refractivity contribution >= 4 is 24.8 Å². The number of rotatable bonds is 0.